The zero-order chi connectivity index (χ0) is 17.3. The molecule has 1 unspecified atom stereocenters. The minimum Gasteiger partial charge on any atom is -0.350 e. The summed E-state index contributed by atoms with van der Waals surface area (Å²) in [4.78, 5) is 14.0. The fourth-order valence-corrected chi connectivity index (χ4v) is 2.52. The van der Waals surface area contributed by atoms with Crippen LogP contribution in [0.25, 0.3) is 0 Å². The quantitative estimate of drug-likeness (QED) is 0.814. The largest absolute Gasteiger partial charge is 0.416 e. The van der Waals surface area contributed by atoms with Crippen molar-refractivity contribution in [2.45, 2.75) is 44.6 Å². The average molecular weight is 402 g/mol. The molecule has 1 amide bonds. The first-order valence-electron chi connectivity index (χ1n) is 7.54. The van der Waals surface area contributed by atoms with E-state index in [9.17, 15) is 18.0 Å². The average Bonchev–Trinajstić information content (AvgIpc) is 2.84. The van der Waals surface area contributed by atoms with Crippen LogP contribution in [0.5, 0.6) is 0 Å². The molecule has 9 heteroatoms. The molecule has 0 bridgehead atoms. The summed E-state index contributed by atoms with van der Waals surface area (Å²) in [6, 6.07) is 5.22. The second-order valence-electron chi connectivity index (χ2n) is 6.61. The highest BCUT2D eigenvalue weighted by atomic mass is 35.5. The van der Waals surface area contributed by atoms with Gasteiger partial charge in [-0.15, -0.1) is 24.8 Å². The first kappa shape index (κ1) is 24.0. The van der Waals surface area contributed by atoms with Gasteiger partial charge in [0.05, 0.1) is 11.1 Å². The van der Waals surface area contributed by atoms with E-state index in [0.29, 0.717) is 13.1 Å². The number of nitrogens with two attached hydrogens (primary N) is 1. The van der Waals surface area contributed by atoms with Crippen molar-refractivity contribution in [2.75, 3.05) is 13.1 Å². The highest BCUT2D eigenvalue weighted by molar-refractivity contribution is 5.86. The van der Waals surface area contributed by atoms with E-state index in [1.165, 1.54) is 12.1 Å². The molecule has 0 aromatic heterocycles. The number of hydrogen-bond donors (Lipinski definition) is 2. The molecule has 25 heavy (non-hydrogen) atoms. The van der Waals surface area contributed by atoms with E-state index in [1.807, 2.05) is 0 Å². The molecule has 1 aliphatic rings. The molecular weight excluding hydrogens is 378 g/mol. The lowest BCUT2D eigenvalue weighted by atomic mass is 10.1. The lowest BCUT2D eigenvalue weighted by Gasteiger charge is -2.22. The summed E-state index contributed by atoms with van der Waals surface area (Å²) in [6.07, 6.45) is -3.50. The molecule has 4 nitrogen and oxygen atoms in total. The standard InChI is InChI=1S/C16H22F3N3O.2ClH/c1-15(2,20)14(23)21-13-7-8-22(10-13)9-11-3-5-12(6-4-11)16(17,18)19;;/h3-6,13H,7-10,20H2,1-2H3,(H,21,23);2*1H. The fraction of sp³-hybridized carbons (Fsp3) is 0.562. The number of halogens is 5. The molecule has 1 heterocycles. The van der Waals surface area contributed by atoms with Crippen molar-refractivity contribution in [2.24, 2.45) is 5.73 Å². The molecule has 1 atom stereocenters. The molecule has 0 saturated carbocycles. The summed E-state index contributed by atoms with van der Waals surface area (Å²) in [5, 5.41) is 2.91. The van der Waals surface area contributed by atoms with Crippen LogP contribution in [-0.2, 0) is 17.5 Å². The molecule has 1 saturated heterocycles. The Kier molecular flexibility index (Phi) is 8.70. The molecule has 1 aromatic carbocycles. The third-order valence-corrected chi connectivity index (χ3v) is 3.88. The second kappa shape index (κ2) is 9.07. The summed E-state index contributed by atoms with van der Waals surface area (Å²) in [5.74, 6) is -0.195. The minimum atomic E-state index is -4.31. The van der Waals surface area contributed by atoms with Crippen LogP contribution in [0.1, 0.15) is 31.4 Å². The van der Waals surface area contributed by atoms with Crippen molar-refractivity contribution in [3.05, 3.63) is 35.4 Å². The highest BCUT2D eigenvalue weighted by Gasteiger charge is 2.31. The van der Waals surface area contributed by atoms with E-state index >= 15 is 0 Å². The topological polar surface area (TPSA) is 58.4 Å². The van der Waals surface area contributed by atoms with Crippen LogP contribution in [0.2, 0.25) is 0 Å². The maximum absolute atomic E-state index is 12.5. The van der Waals surface area contributed by atoms with Crippen LogP contribution in [0.15, 0.2) is 24.3 Å². The van der Waals surface area contributed by atoms with Crippen molar-refractivity contribution in [1.29, 1.82) is 0 Å². The predicted molar refractivity (Wildman–Crippen MR) is 96.0 cm³/mol. The molecule has 1 aliphatic heterocycles. The van der Waals surface area contributed by atoms with Crippen molar-refractivity contribution in [1.82, 2.24) is 10.2 Å². The lowest BCUT2D eigenvalue weighted by molar-refractivity contribution is -0.137. The number of likely N-dealkylation sites (tertiary alicyclic amines) is 1. The number of benzene rings is 1. The van der Waals surface area contributed by atoms with E-state index in [4.69, 9.17) is 5.73 Å². The summed E-state index contributed by atoms with van der Waals surface area (Å²) in [5.41, 5.74) is 5.01. The van der Waals surface area contributed by atoms with E-state index in [1.54, 1.807) is 13.8 Å². The van der Waals surface area contributed by atoms with E-state index in [-0.39, 0.29) is 36.8 Å². The van der Waals surface area contributed by atoms with Crippen LogP contribution >= 0.6 is 24.8 Å². The Balaban J connectivity index is 0.00000288. The van der Waals surface area contributed by atoms with Gasteiger partial charge in [0, 0.05) is 25.7 Å². The smallest absolute Gasteiger partial charge is 0.350 e. The second-order valence-corrected chi connectivity index (χ2v) is 6.61. The first-order chi connectivity index (χ1) is 10.6. The van der Waals surface area contributed by atoms with Gasteiger partial charge in [0.25, 0.3) is 0 Å². The van der Waals surface area contributed by atoms with Crippen LogP contribution < -0.4 is 11.1 Å². The zero-order valence-corrected chi connectivity index (χ0v) is 15.7. The number of nitrogens with one attached hydrogen (secondary N) is 1. The highest BCUT2D eigenvalue weighted by Crippen LogP contribution is 2.29. The number of alkyl halides is 3. The van der Waals surface area contributed by atoms with Gasteiger partial charge >= 0.3 is 6.18 Å². The number of carbonyl (C=O) groups excluding carboxylic acids is 1. The Morgan fingerprint density at radius 2 is 1.80 bits per heavy atom. The van der Waals surface area contributed by atoms with Crippen LogP contribution in [-0.4, -0.2) is 35.5 Å². The van der Waals surface area contributed by atoms with Gasteiger partial charge in [0.1, 0.15) is 0 Å². The van der Waals surface area contributed by atoms with E-state index in [2.05, 4.69) is 10.2 Å². The molecular formula is C16H24Cl2F3N3O. The van der Waals surface area contributed by atoms with Gasteiger partial charge in [-0.2, -0.15) is 13.2 Å². The molecule has 0 aliphatic carbocycles. The van der Waals surface area contributed by atoms with Crippen LogP contribution in [0, 0.1) is 0 Å². The predicted octanol–water partition coefficient (Wildman–Crippen LogP) is 2.98. The Labute approximate surface area is 158 Å². The number of carbonyl (C=O) groups is 1. The summed E-state index contributed by atoms with van der Waals surface area (Å²) in [6.45, 7) is 5.32. The molecule has 0 radical (unpaired) electrons. The van der Waals surface area contributed by atoms with Crippen molar-refractivity contribution >= 4 is 30.7 Å². The Bertz CT molecular complexity index is 559. The van der Waals surface area contributed by atoms with Gasteiger partial charge in [-0.3, -0.25) is 9.69 Å². The maximum Gasteiger partial charge on any atom is 0.416 e. The molecule has 144 valence electrons. The van der Waals surface area contributed by atoms with Gasteiger partial charge in [0.2, 0.25) is 5.91 Å². The number of amides is 1. The first-order valence-corrected chi connectivity index (χ1v) is 7.54. The van der Waals surface area contributed by atoms with Crippen molar-refractivity contribution in [3.63, 3.8) is 0 Å². The van der Waals surface area contributed by atoms with Gasteiger partial charge in [-0.05, 0) is 38.0 Å². The molecule has 1 aromatic rings. The lowest BCUT2D eigenvalue weighted by Crippen LogP contribution is -2.52. The maximum atomic E-state index is 12.5. The van der Waals surface area contributed by atoms with Crippen molar-refractivity contribution in [3.8, 4) is 0 Å². The number of hydrogen-bond acceptors (Lipinski definition) is 3. The molecule has 3 N–H and O–H groups in total. The van der Waals surface area contributed by atoms with Gasteiger partial charge in [-0.1, -0.05) is 12.1 Å². The molecule has 0 spiro atoms. The fourth-order valence-electron chi connectivity index (χ4n) is 2.52. The van der Waals surface area contributed by atoms with E-state index in [0.717, 1.165) is 30.7 Å². The molecule has 2 rings (SSSR count). The third-order valence-electron chi connectivity index (χ3n) is 3.88. The van der Waals surface area contributed by atoms with Crippen LogP contribution in [0.3, 0.4) is 0 Å². The molecule has 1 fully saturated rings. The SMILES string of the molecule is CC(C)(N)C(=O)NC1CCN(Cc2ccc(C(F)(F)F)cc2)C1.Cl.Cl. The number of rotatable bonds is 4. The van der Waals surface area contributed by atoms with E-state index < -0.39 is 17.3 Å². The minimum absolute atomic E-state index is 0. The Hall–Kier alpha value is -1.02. The van der Waals surface area contributed by atoms with Crippen LogP contribution in [0.4, 0.5) is 13.2 Å². The summed E-state index contributed by atoms with van der Waals surface area (Å²) < 4.78 is 37.6. The third kappa shape index (κ3) is 7.01. The zero-order valence-electron chi connectivity index (χ0n) is 14.1. The summed E-state index contributed by atoms with van der Waals surface area (Å²) >= 11 is 0. The van der Waals surface area contributed by atoms with Gasteiger partial charge in [0.15, 0.2) is 0 Å². The normalized spacial score (nSPS) is 18.2. The van der Waals surface area contributed by atoms with Gasteiger partial charge < -0.3 is 11.1 Å². The van der Waals surface area contributed by atoms with Gasteiger partial charge in [-0.25, -0.2) is 0 Å². The number of nitrogens with zero attached hydrogens (tertiary/aromatic N) is 1. The van der Waals surface area contributed by atoms with Crippen molar-refractivity contribution < 1.29 is 18.0 Å². The Morgan fingerprint density at radius 1 is 1.24 bits per heavy atom. The summed E-state index contributed by atoms with van der Waals surface area (Å²) in [7, 11) is 0. The Morgan fingerprint density at radius 3 is 2.28 bits per heavy atom. The monoisotopic (exact) mass is 401 g/mol.